The second kappa shape index (κ2) is 7.38. The van der Waals surface area contributed by atoms with Gasteiger partial charge in [-0.15, -0.1) is 4.28 Å². The van der Waals surface area contributed by atoms with Gasteiger partial charge in [-0.2, -0.15) is 13.5 Å². The highest BCUT2D eigenvalue weighted by atomic mass is 32.3. The molecule has 2 heterocycles. The Bertz CT molecular complexity index is 654. The van der Waals surface area contributed by atoms with E-state index in [9.17, 15) is 22.8 Å². The van der Waals surface area contributed by atoms with Crippen LogP contribution in [0.1, 0.15) is 19.8 Å². The van der Waals surface area contributed by atoms with Gasteiger partial charge in [-0.05, 0) is 19.8 Å². The summed E-state index contributed by atoms with van der Waals surface area (Å²) < 4.78 is 34.5. The van der Waals surface area contributed by atoms with Crippen LogP contribution in [0.2, 0.25) is 0 Å². The molecular formula is C11H18N4O9S. The zero-order chi connectivity index (χ0) is 18.8. The molecule has 4 amide bonds. The summed E-state index contributed by atoms with van der Waals surface area (Å²) >= 11 is 0. The van der Waals surface area contributed by atoms with Crippen molar-refractivity contribution >= 4 is 28.4 Å². The fraction of sp³-hybridized carbons (Fsp3) is 0.727. The molecule has 2 aliphatic rings. The molecule has 1 unspecified atom stereocenters. The number of nitrogens with one attached hydrogen (secondary N) is 2. The third-order valence-corrected chi connectivity index (χ3v) is 4.02. The first-order valence-electron chi connectivity index (χ1n) is 7.26. The van der Waals surface area contributed by atoms with E-state index in [1.807, 2.05) is 0 Å². The average Bonchev–Trinajstić information content (AvgIpc) is 2.70. The number of piperidine rings is 1. The summed E-state index contributed by atoms with van der Waals surface area (Å²) in [6.45, 7) is 1.46. The molecule has 2 rings (SSSR count). The first-order chi connectivity index (χ1) is 11.6. The van der Waals surface area contributed by atoms with Crippen LogP contribution in [-0.4, -0.2) is 77.3 Å². The minimum absolute atomic E-state index is 0.0589. The van der Waals surface area contributed by atoms with Crippen LogP contribution in [0.25, 0.3) is 0 Å². The summed E-state index contributed by atoms with van der Waals surface area (Å²) in [5.74, 6) is -0.636. The van der Waals surface area contributed by atoms with E-state index in [4.69, 9.17) is 14.5 Å². The smallest absolute Gasteiger partial charge is 0.418 e. The number of hydrogen-bond acceptors (Lipinski definition) is 7. The van der Waals surface area contributed by atoms with E-state index in [-0.39, 0.29) is 26.0 Å². The molecular weight excluding hydrogens is 364 g/mol. The van der Waals surface area contributed by atoms with Crippen LogP contribution >= 0.6 is 0 Å². The van der Waals surface area contributed by atoms with Gasteiger partial charge in [0.2, 0.25) is 0 Å². The molecule has 25 heavy (non-hydrogen) atoms. The summed E-state index contributed by atoms with van der Waals surface area (Å²) in [5, 5.41) is 11.2. The molecule has 0 saturated carbocycles. The highest BCUT2D eigenvalue weighted by molar-refractivity contribution is 7.80. The Morgan fingerprint density at radius 1 is 1.40 bits per heavy atom. The van der Waals surface area contributed by atoms with Gasteiger partial charge >= 0.3 is 22.5 Å². The molecule has 3 atom stereocenters. The number of carboxylic acid groups (broad SMARTS) is 1. The first kappa shape index (κ1) is 19.2. The van der Waals surface area contributed by atoms with Crippen molar-refractivity contribution in [3.05, 3.63) is 0 Å². The third-order valence-electron chi connectivity index (χ3n) is 3.68. The zero-order valence-corrected chi connectivity index (χ0v) is 13.9. The van der Waals surface area contributed by atoms with Gasteiger partial charge in [0.1, 0.15) is 6.04 Å². The fourth-order valence-electron chi connectivity index (χ4n) is 2.66. The number of carbonyl (C=O) groups excluding carboxylic acids is 2. The molecule has 2 bridgehead atoms. The maximum absolute atomic E-state index is 12.1. The van der Waals surface area contributed by atoms with Crippen molar-refractivity contribution in [1.82, 2.24) is 20.8 Å². The van der Waals surface area contributed by atoms with Crippen molar-refractivity contribution in [3.63, 3.8) is 0 Å². The molecule has 0 radical (unpaired) electrons. The van der Waals surface area contributed by atoms with E-state index in [1.54, 1.807) is 0 Å². The Balaban J connectivity index is 1.88. The van der Waals surface area contributed by atoms with Crippen molar-refractivity contribution in [2.75, 3.05) is 13.2 Å². The van der Waals surface area contributed by atoms with Gasteiger partial charge in [0, 0.05) is 6.54 Å². The zero-order valence-electron chi connectivity index (χ0n) is 13.1. The molecule has 2 aliphatic heterocycles. The normalized spacial score (nSPS) is 24.2. The van der Waals surface area contributed by atoms with E-state index in [0.29, 0.717) is 5.06 Å². The van der Waals surface area contributed by atoms with E-state index in [2.05, 4.69) is 15.1 Å². The lowest BCUT2D eigenvalue weighted by Gasteiger charge is -2.29. The van der Waals surface area contributed by atoms with Gasteiger partial charge in [-0.25, -0.2) is 15.1 Å². The molecule has 2 fully saturated rings. The Morgan fingerprint density at radius 2 is 2.08 bits per heavy atom. The summed E-state index contributed by atoms with van der Waals surface area (Å²) in [4.78, 5) is 40.7. The van der Waals surface area contributed by atoms with E-state index in [1.165, 1.54) is 6.92 Å². The number of rotatable bonds is 7. The quantitative estimate of drug-likeness (QED) is 0.308. The van der Waals surface area contributed by atoms with Crippen LogP contribution in [0.4, 0.5) is 9.59 Å². The predicted molar refractivity (Wildman–Crippen MR) is 78.1 cm³/mol. The minimum Gasteiger partial charge on any atom is -0.465 e. The van der Waals surface area contributed by atoms with Crippen LogP contribution in [0.3, 0.4) is 0 Å². The van der Waals surface area contributed by atoms with Crippen molar-refractivity contribution in [2.24, 2.45) is 0 Å². The average molecular weight is 382 g/mol. The van der Waals surface area contributed by atoms with E-state index < -0.39 is 46.6 Å². The number of urea groups is 1. The lowest BCUT2D eigenvalue weighted by molar-refractivity contribution is -0.139. The molecule has 0 aliphatic carbocycles. The molecule has 0 spiro atoms. The molecule has 0 aromatic carbocycles. The largest absolute Gasteiger partial charge is 0.465 e. The van der Waals surface area contributed by atoms with Crippen molar-refractivity contribution in [3.8, 4) is 0 Å². The van der Waals surface area contributed by atoms with Gasteiger partial charge in [0.05, 0.1) is 18.7 Å². The number of nitrogens with zero attached hydrogens (tertiary/aromatic N) is 2. The number of amides is 4. The van der Waals surface area contributed by atoms with Crippen LogP contribution < -0.4 is 10.8 Å². The second-order valence-corrected chi connectivity index (χ2v) is 6.64. The van der Waals surface area contributed by atoms with Crippen LogP contribution in [0, 0.1) is 0 Å². The van der Waals surface area contributed by atoms with Gasteiger partial charge < -0.3 is 15.3 Å². The molecule has 0 aromatic rings. The molecule has 2 saturated heterocycles. The maximum Gasteiger partial charge on any atom is 0.418 e. The lowest BCUT2D eigenvalue weighted by atomic mass is 10.0. The predicted octanol–water partition coefficient (Wildman–Crippen LogP) is -1.31. The summed E-state index contributed by atoms with van der Waals surface area (Å²) in [6, 6.07) is -2.93. The van der Waals surface area contributed by atoms with Gasteiger partial charge in [0.15, 0.2) is 0 Å². The molecule has 0 aromatic heterocycles. The van der Waals surface area contributed by atoms with Crippen molar-refractivity contribution in [2.45, 2.75) is 37.9 Å². The van der Waals surface area contributed by atoms with Gasteiger partial charge in [0.25, 0.3) is 5.91 Å². The molecule has 4 N–H and O–H groups in total. The second-order valence-electron chi connectivity index (χ2n) is 5.64. The maximum atomic E-state index is 12.1. The SMILES string of the molecule is CC(CONC(=O)[C@@H]1CC[C@@H]2CN1C(=O)N2OS(=O)(=O)O)NC(=O)O. The Kier molecular flexibility index (Phi) is 5.66. The van der Waals surface area contributed by atoms with E-state index in [0.717, 1.165) is 4.90 Å². The lowest BCUT2D eigenvalue weighted by Crippen LogP contribution is -2.50. The number of hydroxylamine groups is 3. The molecule has 14 heteroatoms. The van der Waals surface area contributed by atoms with Gasteiger partial charge in [-0.1, -0.05) is 0 Å². The molecule has 13 nitrogen and oxygen atoms in total. The number of hydrogen-bond donors (Lipinski definition) is 4. The Labute approximate surface area is 142 Å². The summed E-state index contributed by atoms with van der Waals surface area (Å²) in [6.07, 6.45) is -0.713. The standard InChI is InChI=1S/C11H18N4O9S/c1-6(12-10(17)18)5-23-13-9(16)8-3-2-7-4-14(8)11(19)15(7)24-25(20,21)22/h6-8,12H,2-5H2,1H3,(H,13,16)(H,17,18)(H,20,21,22)/t6?,7-,8+/m1/s1. The summed E-state index contributed by atoms with van der Waals surface area (Å²) in [5.41, 5.74) is 2.13. The number of fused-ring (bicyclic) bond motifs is 2. The van der Waals surface area contributed by atoms with Crippen LogP contribution in [0.15, 0.2) is 0 Å². The topological polar surface area (TPSA) is 175 Å². The fourth-order valence-corrected chi connectivity index (χ4v) is 3.05. The summed E-state index contributed by atoms with van der Waals surface area (Å²) in [7, 11) is -4.85. The van der Waals surface area contributed by atoms with Crippen molar-refractivity contribution in [1.29, 1.82) is 0 Å². The third kappa shape index (κ3) is 4.91. The Hall–Kier alpha value is -2.16. The van der Waals surface area contributed by atoms with E-state index >= 15 is 0 Å². The van der Waals surface area contributed by atoms with Crippen LogP contribution in [0.5, 0.6) is 0 Å². The van der Waals surface area contributed by atoms with Gasteiger partial charge in [-0.3, -0.25) is 14.2 Å². The first-order valence-corrected chi connectivity index (χ1v) is 8.63. The van der Waals surface area contributed by atoms with Crippen LogP contribution in [-0.2, 0) is 24.3 Å². The highest BCUT2D eigenvalue weighted by Crippen LogP contribution is 2.30. The highest BCUT2D eigenvalue weighted by Gasteiger charge is 2.49. The Morgan fingerprint density at radius 3 is 2.68 bits per heavy atom. The monoisotopic (exact) mass is 382 g/mol. The van der Waals surface area contributed by atoms with Crippen molar-refractivity contribution < 1.29 is 41.6 Å². The molecule has 142 valence electrons. The minimum atomic E-state index is -4.85. The number of carbonyl (C=O) groups is 3.